The fourth-order valence-electron chi connectivity index (χ4n) is 1.85. The summed E-state index contributed by atoms with van der Waals surface area (Å²) in [7, 11) is 0. The molecule has 3 heteroatoms. The maximum absolute atomic E-state index is 5.91. The van der Waals surface area contributed by atoms with E-state index in [0.29, 0.717) is 6.04 Å². The first kappa shape index (κ1) is 13.6. The second-order valence-corrected chi connectivity index (χ2v) is 6.31. The van der Waals surface area contributed by atoms with Gasteiger partial charge in [-0.25, -0.2) is 0 Å². The minimum absolute atomic E-state index is 0.520. The Labute approximate surface area is 118 Å². The van der Waals surface area contributed by atoms with Crippen molar-refractivity contribution in [3.8, 4) is 0 Å². The second-order valence-electron chi connectivity index (χ2n) is 4.51. The lowest BCUT2D eigenvalue weighted by Crippen LogP contribution is -2.25. The molecular formula is C15H18ClNS. The molecule has 0 radical (unpaired) electrons. The van der Waals surface area contributed by atoms with Gasteiger partial charge >= 0.3 is 0 Å². The molecule has 0 saturated carbocycles. The molecule has 1 nitrogen and oxygen atoms in total. The Bertz CT molecular complexity index is 466. The normalized spacial score (nSPS) is 12.6. The Balaban J connectivity index is 1.71. The van der Waals surface area contributed by atoms with E-state index in [4.69, 9.17) is 11.6 Å². The Kier molecular flexibility index (Phi) is 5.24. The van der Waals surface area contributed by atoms with Crippen LogP contribution in [0.2, 0.25) is 4.34 Å². The van der Waals surface area contributed by atoms with Gasteiger partial charge in [0.2, 0.25) is 0 Å². The number of aryl methyl sites for hydroxylation is 1. The molecule has 1 atom stereocenters. The molecule has 1 N–H and O–H groups in total. The van der Waals surface area contributed by atoms with Crippen LogP contribution in [0.15, 0.2) is 42.5 Å². The molecule has 2 aromatic rings. The lowest BCUT2D eigenvalue weighted by atomic mass is 10.1. The molecule has 0 amide bonds. The first-order valence-corrected chi connectivity index (χ1v) is 7.45. The van der Waals surface area contributed by atoms with Crippen molar-refractivity contribution in [1.29, 1.82) is 0 Å². The highest BCUT2D eigenvalue weighted by molar-refractivity contribution is 7.16. The number of nitrogens with one attached hydrogen (secondary N) is 1. The van der Waals surface area contributed by atoms with Gasteiger partial charge in [-0.2, -0.15) is 0 Å². The molecule has 18 heavy (non-hydrogen) atoms. The van der Waals surface area contributed by atoms with E-state index in [1.54, 1.807) is 11.3 Å². The molecule has 96 valence electrons. The maximum atomic E-state index is 5.91. The topological polar surface area (TPSA) is 12.0 Å². The fourth-order valence-corrected chi connectivity index (χ4v) is 2.89. The van der Waals surface area contributed by atoms with E-state index in [0.717, 1.165) is 23.7 Å². The van der Waals surface area contributed by atoms with Crippen LogP contribution in [0.5, 0.6) is 0 Å². The highest BCUT2D eigenvalue weighted by Crippen LogP contribution is 2.21. The standard InChI is InChI=1S/C15H18ClNS/c1-12(7-8-13-5-3-2-4-6-13)17-11-14-9-10-15(16)18-14/h2-6,9-10,12,17H,7-8,11H2,1H3. The molecule has 1 heterocycles. The average molecular weight is 280 g/mol. The molecule has 1 aromatic carbocycles. The van der Waals surface area contributed by atoms with Crippen LogP contribution in [-0.2, 0) is 13.0 Å². The van der Waals surface area contributed by atoms with Crippen molar-refractivity contribution in [2.75, 3.05) is 0 Å². The molecule has 1 unspecified atom stereocenters. The average Bonchev–Trinajstić information content (AvgIpc) is 2.81. The van der Waals surface area contributed by atoms with Gasteiger partial charge in [-0.15, -0.1) is 11.3 Å². The monoisotopic (exact) mass is 279 g/mol. The van der Waals surface area contributed by atoms with E-state index < -0.39 is 0 Å². The maximum Gasteiger partial charge on any atom is 0.0931 e. The first-order valence-electron chi connectivity index (χ1n) is 6.25. The van der Waals surface area contributed by atoms with Crippen LogP contribution in [0.4, 0.5) is 0 Å². The Hall–Kier alpha value is -0.830. The van der Waals surface area contributed by atoms with Crippen molar-refractivity contribution in [2.24, 2.45) is 0 Å². The largest absolute Gasteiger partial charge is 0.309 e. The summed E-state index contributed by atoms with van der Waals surface area (Å²) in [6.45, 7) is 3.14. The third-order valence-electron chi connectivity index (χ3n) is 2.96. The van der Waals surface area contributed by atoms with Gasteiger partial charge in [-0.05, 0) is 37.5 Å². The molecule has 0 aliphatic rings. The van der Waals surface area contributed by atoms with Gasteiger partial charge < -0.3 is 5.32 Å². The number of benzene rings is 1. The number of thiophene rings is 1. The predicted molar refractivity (Wildman–Crippen MR) is 80.4 cm³/mol. The van der Waals surface area contributed by atoms with Crippen molar-refractivity contribution in [2.45, 2.75) is 32.4 Å². The fraction of sp³-hybridized carbons (Fsp3) is 0.333. The first-order chi connectivity index (χ1) is 8.74. The smallest absolute Gasteiger partial charge is 0.0931 e. The van der Waals surface area contributed by atoms with E-state index >= 15 is 0 Å². The summed E-state index contributed by atoms with van der Waals surface area (Å²) in [5.41, 5.74) is 1.41. The highest BCUT2D eigenvalue weighted by atomic mass is 35.5. The molecule has 2 rings (SSSR count). The van der Waals surface area contributed by atoms with Crippen LogP contribution >= 0.6 is 22.9 Å². The zero-order valence-corrected chi connectivity index (χ0v) is 12.1. The summed E-state index contributed by atoms with van der Waals surface area (Å²) >= 11 is 7.55. The Morgan fingerprint density at radius 1 is 1.17 bits per heavy atom. The molecule has 0 aliphatic heterocycles. The van der Waals surface area contributed by atoms with Crippen LogP contribution in [0, 0.1) is 0 Å². The summed E-state index contributed by atoms with van der Waals surface area (Å²) in [6.07, 6.45) is 2.28. The Morgan fingerprint density at radius 3 is 2.61 bits per heavy atom. The third kappa shape index (κ3) is 4.45. The van der Waals surface area contributed by atoms with E-state index in [-0.39, 0.29) is 0 Å². The molecular weight excluding hydrogens is 262 g/mol. The SMILES string of the molecule is CC(CCc1ccccc1)NCc1ccc(Cl)s1. The summed E-state index contributed by atoms with van der Waals surface area (Å²) in [6, 6.07) is 15.2. The Morgan fingerprint density at radius 2 is 1.94 bits per heavy atom. The lowest BCUT2D eigenvalue weighted by Gasteiger charge is -2.12. The van der Waals surface area contributed by atoms with Gasteiger partial charge in [-0.3, -0.25) is 0 Å². The van der Waals surface area contributed by atoms with E-state index in [1.165, 1.54) is 10.4 Å². The van der Waals surface area contributed by atoms with Gasteiger partial charge in [0.15, 0.2) is 0 Å². The van der Waals surface area contributed by atoms with Crippen LogP contribution in [0.25, 0.3) is 0 Å². The van der Waals surface area contributed by atoms with Gasteiger partial charge in [0.05, 0.1) is 4.34 Å². The molecule has 0 spiro atoms. The number of rotatable bonds is 6. The lowest BCUT2D eigenvalue weighted by molar-refractivity contribution is 0.517. The van der Waals surface area contributed by atoms with Crippen molar-refractivity contribution >= 4 is 22.9 Å². The minimum atomic E-state index is 0.520. The zero-order chi connectivity index (χ0) is 12.8. The van der Waals surface area contributed by atoms with Gasteiger partial charge in [-0.1, -0.05) is 41.9 Å². The molecule has 0 aliphatic carbocycles. The zero-order valence-electron chi connectivity index (χ0n) is 10.5. The third-order valence-corrected chi connectivity index (χ3v) is 4.19. The molecule has 0 saturated heterocycles. The van der Waals surface area contributed by atoms with E-state index in [1.807, 2.05) is 6.07 Å². The van der Waals surface area contributed by atoms with E-state index in [9.17, 15) is 0 Å². The van der Waals surface area contributed by atoms with Gasteiger partial charge in [0, 0.05) is 17.5 Å². The van der Waals surface area contributed by atoms with Gasteiger partial charge in [0.1, 0.15) is 0 Å². The molecule has 0 bridgehead atoms. The second kappa shape index (κ2) is 6.93. The summed E-state index contributed by atoms with van der Waals surface area (Å²) < 4.78 is 0.865. The quantitative estimate of drug-likeness (QED) is 0.820. The highest BCUT2D eigenvalue weighted by Gasteiger charge is 2.03. The molecule has 1 aromatic heterocycles. The number of hydrogen-bond acceptors (Lipinski definition) is 2. The summed E-state index contributed by atoms with van der Waals surface area (Å²) in [4.78, 5) is 1.30. The summed E-state index contributed by atoms with van der Waals surface area (Å²) in [5, 5.41) is 3.53. The van der Waals surface area contributed by atoms with Crippen LogP contribution < -0.4 is 5.32 Å². The summed E-state index contributed by atoms with van der Waals surface area (Å²) in [5.74, 6) is 0. The van der Waals surface area contributed by atoms with Crippen LogP contribution in [0.1, 0.15) is 23.8 Å². The van der Waals surface area contributed by atoms with Crippen LogP contribution in [0.3, 0.4) is 0 Å². The predicted octanol–water partition coefficient (Wildman–Crippen LogP) is 4.51. The van der Waals surface area contributed by atoms with Crippen molar-refractivity contribution in [1.82, 2.24) is 5.32 Å². The molecule has 0 fully saturated rings. The van der Waals surface area contributed by atoms with Gasteiger partial charge in [0.25, 0.3) is 0 Å². The van der Waals surface area contributed by atoms with Crippen molar-refractivity contribution in [3.05, 3.63) is 57.2 Å². The van der Waals surface area contributed by atoms with E-state index in [2.05, 4.69) is 48.6 Å². The van der Waals surface area contributed by atoms with Crippen molar-refractivity contribution < 1.29 is 0 Å². The number of hydrogen-bond donors (Lipinski definition) is 1. The van der Waals surface area contributed by atoms with Crippen molar-refractivity contribution in [3.63, 3.8) is 0 Å². The number of halogens is 1. The van der Waals surface area contributed by atoms with Crippen LogP contribution in [-0.4, -0.2) is 6.04 Å². The minimum Gasteiger partial charge on any atom is -0.309 e.